The molecule has 0 unspecified atom stereocenters. The minimum absolute atomic E-state index is 0.00733. The Labute approximate surface area is 217 Å². The van der Waals surface area contributed by atoms with Gasteiger partial charge in [0.25, 0.3) is 0 Å². The minimum atomic E-state index is -0.267. The van der Waals surface area contributed by atoms with Crippen LogP contribution in [0.4, 0.5) is 5.82 Å². The highest BCUT2D eigenvalue weighted by Crippen LogP contribution is 2.31. The average Bonchev–Trinajstić information content (AvgIpc) is 3.45. The molecular formula is C26H22Cl2N6O2. The lowest BCUT2D eigenvalue weighted by molar-refractivity contribution is -0.116. The lowest BCUT2D eigenvalue weighted by atomic mass is 10.0. The minimum Gasteiger partial charge on any atom is -0.497 e. The van der Waals surface area contributed by atoms with Crippen LogP contribution in [0.5, 0.6) is 5.75 Å². The van der Waals surface area contributed by atoms with Crippen molar-refractivity contribution in [1.82, 2.24) is 24.5 Å². The van der Waals surface area contributed by atoms with Gasteiger partial charge < -0.3 is 10.1 Å². The van der Waals surface area contributed by atoms with E-state index in [4.69, 9.17) is 27.9 Å². The number of rotatable bonds is 7. The summed E-state index contributed by atoms with van der Waals surface area (Å²) < 4.78 is 8.53. The topological polar surface area (TPSA) is 86.9 Å². The number of hydrogen-bond acceptors (Lipinski definition) is 5. The molecule has 0 aliphatic rings. The molecule has 36 heavy (non-hydrogen) atoms. The van der Waals surface area contributed by atoms with Gasteiger partial charge in [0.1, 0.15) is 12.3 Å². The molecule has 5 rings (SSSR count). The van der Waals surface area contributed by atoms with Crippen molar-refractivity contribution in [3.63, 3.8) is 0 Å². The Balaban J connectivity index is 1.33. The largest absolute Gasteiger partial charge is 0.497 e. The van der Waals surface area contributed by atoms with Crippen LogP contribution in [-0.2, 0) is 17.9 Å². The summed E-state index contributed by atoms with van der Waals surface area (Å²) in [6.07, 6.45) is 3.48. The van der Waals surface area contributed by atoms with Gasteiger partial charge in [-0.15, -0.1) is 0 Å². The highest BCUT2D eigenvalue weighted by molar-refractivity contribution is 6.36. The van der Waals surface area contributed by atoms with Crippen molar-refractivity contribution >= 4 is 46.0 Å². The quantitative estimate of drug-likeness (QED) is 0.301. The predicted octanol–water partition coefficient (Wildman–Crippen LogP) is 5.61. The van der Waals surface area contributed by atoms with Gasteiger partial charge >= 0.3 is 0 Å². The summed E-state index contributed by atoms with van der Waals surface area (Å²) in [5.74, 6) is 0.936. The van der Waals surface area contributed by atoms with Crippen LogP contribution < -0.4 is 10.1 Å². The first-order valence-corrected chi connectivity index (χ1v) is 11.9. The molecule has 0 saturated heterocycles. The van der Waals surface area contributed by atoms with Crippen LogP contribution >= 0.6 is 23.2 Å². The second kappa shape index (κ2) is 10.0. The lowest BCUT2D eigenvalue weighted by Gasteiger charge is -2.07. The monoisotopic (exact) mass is 520 g/mol. The molecule has 5 aromatic rings. The summed E-state index contributed by atoms with van der Waals surface area (Å²) in [5, 5.41) is 13.8. The maximum Gasteiger partial charge on any atom is 0.247 e. The number of fused-ring (bicyclic) bond motifs is 1. The highest BCUT2D eigenvalue weighted by Gasteiger charge is 2.17. The van der Waals surface area contributed by atoms with E-state index in [0.717, 1.165) is 33.5 Å². The molecule has 0 aliphatic carbocycles. The number of halogens is 2. The number of carbonyl (C=O) groups excluding carboxylic acids is 1. The number of benzene rings is 2. The molecule has 8 nitrogen and oxygen atoms in total. The number of hydrogen-bond donors (Lipinski definition) is 1. The van der Waals surface area contributed by atoms with Crippen LogP contribution in [0.2, 0.25) is 10.0 Å². The van der Waals surface area contributed by atoms with Gasteiger partial charge in [-0.25, -0.2) is 9.67 Å². The Kier molecular flexibility index (Phi) is 6.63. The van der Waals surface area contributed by atoms with E-state index >= 15 is 0 Å². The van der Waals surface area contributed by atoms with Gasteiger partial charge in [-0.05, 0) is 48.4 Å². The van der Waals surface area contributed by atoms with Gasteiger partial charge in [0.15, 0.2) is 11.5 Å². The first-order valence-electron chi connectivity index (χ1n) is 11.2. The SMILES string of the molecule is COc1ccc(-c2ccnc3c2c(C)nn3CC(=O)Nc2ccn(Cc3c(Cl)cccc3Cl)n2)cc1. The first kappa shape index (κ1) is 23.8. The van der Waals surface area contributed by atoms with E-state index < -0.39 is 0 Å². The van der Waals surface area contributed by atoms with Crippen molar-refractivity contribution in [2.24, 2.45) is 0 Å². The second-order valence-corrected chi connectivity index (χ2v) is 8.99. The van der Waals surface area contributed by atoms with E-state index in [1.54, 1.807) is 53.1 Å². The number of nitrogens with one attached hydrogen (secondary N) is 1. The van der Waals surface area contributed by atoms with E-state index in [1.165, 1.54) is 0 Å². The van der Waals surface area contributed by atoms with Crippen molar-refractivity contribution in [3.05, 3.63) is 88.3 Å². The zero-order valence-corrected chi connectivity index (χ0v) is 21.1. The predicted molar refractivity (Wildman–Crippen MR) is 141 cm³/mol. The van der Waals surface area contributed by atoms with E-state index in [-0.39, 0.29) is 12.5 Å². The number of aromatic nitrogens is 5. The molecule has 3 aromatic heterocycles. The van der Waals surface area contributed by atoms with E-state index in [2.05, 4.69) is 20.5 Å². The first-order chi connectivity index (χ1) is 17.4. The molecule has 0 radical (unpaired) electrons. The summed E-state index contributed by atoms with van der Waals surface area (Å²) in [7, 11) is 1.64. The number of amides is 1. The third kappa shape index (κ3) is 4.78. The van der Waals surface area contributed by atoms with Crippen molar-refractivity contribution in [1.29, 1.82) is 0 Å². The number of ether oxygens (including phenoxy) is 1. The molecule has 0 aliphatic heterocycles. The van der Waals surface area contributed by atoms with E-state index in [1.807, 2.05) is 37.3 Å². The standard InChI is InChI=1S/C26H22Cl2N6O2/c1-16-25-19(17-6-8-18(36-2)9-7-17)10-12-29-26(25)34(31-16)15-24(35)30-23-11-13-33(32-23)14-20-21(27)4-3-5-22(20)28/h3-13H,14-15H2,1-2H3,(H,30,32,35). The van der Waals surface area contributed by atoms with Crippen LogP contribution in [0.25, 0.3) is 22.2 Å². The summed E-state index contributed by atoms with van der Waals surface area (Å²) >= 11 is 12.5. The maximum atomic E-state index is 12.8. The summed E-state index contributed by atoms with van der Waals surface area (Å²) in [5.41, 5.74) is 4.19. The Morgan fingerprint density at radius 1 is 1.03 bits per heavy atom. The third-order valence-electron chi connectivity index (χ3n) is 5.79. The van der Waals surface area contributed by atoms with Gasteiger partial charge in [0, 0.05) is 39.5 Å². The summed E-state index contributed by atoms with van der Waals surface area (Å²) in [4.78, 5) is 17.3. The fourth-order valence-electron chi connectivity index (χ4n) is 4.08. The van der Waals surface area contributed by atoms with Crippen molar-refractivity contribution < 1.29 is 9.53 Å². The number of pyridine rings is 1. The van der Waals surface area contributed by atoms with Crippen LogP contribution in [0.3, 0.4) is 0 Å². The lowest BCUT2D eigenvalue weighted by Crippen LogP contribution is -2.20. The molecule has 0 spiro atoms. The molecule has 0 atom stereocenters. The fourth-order valence-corrected chi connectivity index (χ4v) is 4.60. The molecule has 182 valence electrons. The van der Waals surface area contributed by atoms with Crippen LogP contribution in [0.1, 0.15) is 11.3 Å². The molecule has 3 heterocycles. The molecule has 1 N–H and O–H groups in total. The Morgan fingerprint density at radius 2 is 1.78 bits per heavy atom. The Bertz CT molecular complexity index is 1540. The molecule has 10 heteroatoms. The van der Waals surface area contributed by atoms with Crippen LogP contribution in [0.15, 0.2) is 67.0 Å². The Hall–Kier alpha value is -3.88. The number of aryl methyl sites for hydroxylation is 1. The number of nitrogens with zero attached hydrogens (tertiary/aromatic N) is 5. The van der Waals surface area contributed by atoms with Gasteiger partial charge in [0.05, 0.1) is 19.3 Å². The number of carbonyl (C=O) groups is 1. The molecule has 0 bridgehead atoms. The third-order valence-corrected chi connectivity index (χ3v) is 6.50. The normalized spacial score (nSPS) is 11.1. The Morgan fingerprint density at radius 3 is 2.50 bits per heavy atom. The summed E-state index contributed by atoms with van der Waals surface area (Å²) in [6.45, 7) is 2.29. The molecule has 0 fully saturated rings. The summed E-state index contributed by atoms with van der Waals surface area (Å²) in [6, 6.07) is 16.8. The number of methoxy groups -OCH3 is 1. The van der Waals surface area contributed by atoms with Crippen molar-refractivity contribution in [3.8, 4) is 16.9 Å². The smallest absolute Gasteiger partial charge is 0.247 e. The van der Waals surface area contributed by atoms with Gasteiger partial charge in [0.2, 0.25) is 5.91 Å². The van der Waals surface area contributed by atoms with Crippen LogP contribution in [0, 0.1) is 6.92 Å². The fraction of sp³-hybridized carbons (Fsp3) is 0.154. The zero-order chi connectivity index (χ0) is 25.2. The number of anilines is 1. The van der Waals surface area contributed by atoms with Crippen molar-refractivity contribution in [2.75, 3.05) is 12.4 Å². The molecular weight excluding hydrogens is 499 g/mol. The maximum absolute atomic E-state index is 12.8. The second-order valence-electron chi connectivity index (χ2n) is 8.18. The molecule has 0 saturated carbocycles. The van der Waals surface area contributed by atoms with E-state index in [0.29, 0.717) is 28.1 Å². The average molecular weight is 521 g/mol. The molecule has 1 amide bonds. The van der Waals surface area contributed by atoms with E-state index in [9.17, 15) is 4.79 Å². The van der Waals surface area contributed by atoms with Crippen LogP contribution in [-0.4, -0.2) is 37.6 Å². The molecule has 2 aromatic carbocycles. The van der Waals surface area contributed by atoms with Gasteiger partial charge in [-0.1, -0.05) is 41.4 Å². The zero-order valence-electron chi connectivity index (χ0n) is 19.6. The van der Waals surface area contributed by atoms with Gasteiger partial charge in [-0.3, -0.25) is 9.48 Å². The van der Waals surface area contributed by atoms with Crippen molar-refractivity contribution in [2.45, 2.75) is 20.0 Å². The van der Waals surface area contributed by atoms with Gasteiger partial charge in [-0.2, -0.15) is 10.2 Å². The highest BCUT2D eigenvalue weighted by atomic mass is 35.5.